The average molecular weight is 484 g/mol. The molecule has 3 N–H and O–H groups in total. The summed E-state index contributed by atoms with van der Waals surface area (Å²) in [7, 11) is 0. The molecule has 8 nitrogen and oxygen atoms in total. The second-order valence-corrected chi connectivity index (χ2v) is 9.15. The van der Waals surface area contributed by atoms with E-state index in [1.165, 1.54) is 24.4 Å². The van der Waals surface area contributed by atoms with Gasteiger partial charge in [-0.2, -0.15) is 4.98 Å². The lowest BCUT2D eigenvalue weighted by molar-refractivity contribution is 0.0931. The van der Waals surface area contributed by atoms with Crippen LogP contribution in [0.5, 0.6) is 5.88 Å². The number of fused-ring (bicyclic) bond motifs is 2. The number of nitrogens with one attached hydrogen (secondary N) is 2. The zero-order chi connectivity index (χ0) is 24.0. The van der Waals surface area contributed by atoms with Crippen molar-refractivity contribution in [2.24, 2.45) is 0 Å². The molecule has 10 heteroatoms. The van der Waals surface area contributed by atoms with Gasteiger partial charge >= 0.3 is 0 Å². The number of aliphatic hydroxyl groups excluding tert-OH is 1. The van der Waals surface area contributed by atoms with Gasteiger partial charge in [0.2, 0.25) is 11.8 Å². The Morgan fingerprint density at radius 3 is 2.94 bits per heavy atom. The second kappa shape index (κ2) is 8.50. The number of hydrogen-bond donors (Lipinski definition) is 3. The van der Waals surface area contributed by atoms with Gasteiger partial charge in [-0.1, -0.05) is 17.7 Å². The lowest BCUT2D eigenvalue weighted by Crippen LogP contribution is -2.43. The van der Waals surface area contributed by atoms with Crippen molar-refractivity contribution in [3.8, 4) is 5.88 Å². The zero-order valence-electron chi connectivity index (χ0n) is 18.7. The molecule has 1 aromatic heterocycles. The summed E-state index contributed by atoms with van der Waals surface area (Å²) in [5.41, 5.74) is 3.59. The van der Waals surface area contributed by atoms with Gasteiger partial charge < -0.3 is 20.5 Å². The van der Waals surface area contributed by atoms with Crippen molar-refractivity contribution in [1.29, 1.82) is 0 Å². The molecule has 5 rings (SSSR count). The molecule has 0 atom stereocenters. The molecular formula is C24H23ClFN5O3. The first-order valence-corrected chi connectivity index (χ1v) is 11.2. The topological polar surface area (TPSA) is 99.6 Å². The fourth-order valence-corrected chi connectivity index (χ4v) is 4.88. The number of anilines is 3. The van der Waals surface area contributed by atoms with Crippen molar-refractivity contribution in [2.75, 3.05) is 23.5 Å². The minimum atomic E-state index is -0.627. The Morgan fingerprint density at radius 2 is 2.18 bits per heavy atom. The van der Waals surface area contributed by atoms with E-state index in [0.717, 1.165) is 40.2 Å². The number of aromatic nitrogens is 2. The number of ether oxygens (including phenoxy) is 1. The van der Waals surface area contributed by atoms with Crippen LogP contribution in [0.4, 0.5) is 21.7 Å². The van der Waals surface area contributed by atoms with Gasteiger partial charge in [0.05, 0.1) is 11.6 Å². The van der Waals surface area contributed by atoms with Gasteiger partial charge in [-0.3, -0.25) is 9.69 Å². The van der Waals surface area contributed by atoms with Crippen LogP contribution in [0, 0.1) is 5.82 Å². The van der Waals surface area contributed by atoms with Crippen molar-refractivity contribution in [3.63, 3.8) is 0 Å². The molecule has 0 unspecified atom stereocenters. The number of halogens is 2. The SMILES string of the molecule is CC1(C)NCCc2cc(Nc3ncc4c(n3)OCN(c3c(F)cccc3Cl)C4=O)cc(CO)c21. The Morgan fingerprint density at radius 1 is 1.35 bits per heavy atom. The first-order valence-electron chi connectivity index (χ1n) is 10.8. The first kappa shape index (κ1) is 22.5. The standard InChI is InChI=1S/C24H23ClFN5O3/c1-24(2)19-13(6-7-28-24)8-15(9-14(19)11-32)29-23-27-10-16-21(30-23)34-12-31(22(16)33)20-17(25)4-3-5-18(20)26/h3-5,8-10,28,32H,6-7,11-12H2,1-2H3,(H,27,29,30). The quantitative estimate of drug-likeness (QED) is 0.517. The van der Waals surface area contributed by atoms with E-state index >= 15 is 0 Å². The Labute approximate surface area is 200 Å². The summed E-state index contributed by atoms with van der Waals surface area (Å²) in [5, 5.41) is 16.7. The summed E-state index contributed by atoms with van der Waals surface area (Å²) in [5.74, 6) is -0.804. The van der Waals surface area contributed by atoms with E-state index < -0.39 is 11.7 Å². The van der Waals surface area contributed by atoms with Crippen LogP contribution in [-0.4, -0.2) is 34.3 Å². The molecule has 1 amide bonds. The predicted molar refractivity (Wildman–Crippen MR) is 126 cm³/mol. The molecule has 2 aliphatic rings. The monoisotopic (exact) mass is 483 g/mol. The second-order valence-electron chi connectivity index (χ2n) is 8.74. The number of aliphatic hydroxyl groups is 1. The highest BCUT2D eigenvalue weighted by Crippen LogP contribution is 2.36. The van der Waals surface area contributed by atoms with Gasteiger partial charge in [0, 0.05) is 17.4 Å². The van der Waals surface area contributed by atoms with E-state index in [4.69, 9.17) is 16.3 Å². The molecule has 0 radical (unpaired) electrons. The number of amides is 1. The molecule has 0 aliphatic carbocycles. The highest BCUT2D eigenvalue weighted by molar-refractivity contribution is 6.34. The summed E-state index contributed by atoms with van der Waals surface area (Å²) in [6.45, 7) is 4.69. The van der Waals surface area contributed by atoms with Crippen LogP contribution in [0.3, 0.4) is 0 Å². The maximum absolute atomic E-state index is 14.3. The fourth-order valence-electron chi connectivity index (χ4n) is 4.62. The molecule has 0 bridgehead atoms. The van der Waals surface area contributed by atoms with Crippen LogP contribution in [0.2, 0.25) is 5.02 Å². The number of benzene rings is 2. The highest BCUT2D eigenvalue weighted by atomic mass is 35.5. The van der Waals surface area contributed by atoms with Crippen LogP contribution in [0.15, 0.2) is 36.5 Å². The zero-order valence-corrected chi connectivity index (χ0v) is 19.4. The predicted octanol–water partition coefficient (Wildman–Crippen LogP) is 3.88. The molecule has 2 aliphatic heterocycles. The van der Waals surface area contributed by atoms with Gasteiger partial charge in [0.25, 0.3) is 5.91 Å². The number of nitrogens with zero attached hydrogens (tertiary/aromatic N) is 3. The maximum atomic E-state index is 14.3. The number of rotatable bonds is 4. The lowest BCUT2D eigenvalue weighted by Gasteiger charge is -2.36. The Hall–Kier alpha value is -3.27. The number of carbonyl (C=O) groups is 1. The smallest absolute Gasteiger partial charge is 0.268 e. The van der Waals surface area contributed by atoms with Crippen molar-refractivity contribution in [3.05, 3.63) is 69.6 Å². The van der Waals surface area contributed by atoms with Gasteiger partial charge in [-0.05, 0) is 67.8 Å². The summed E-state index contributed by atoms with van der Waals surface area (Å²) >= 11 is 6.11. The van der Waals surface area contributed by atoms with Gasteiger partial charge in [0.1, 0.15) is 17.1 Å². The molecule has 2 aromatic carbocycles. The third-order valence-corrected chi connectivity index (χ3v) is 6.39. The van der Waals surface area contributed by atoms with E-state index in [1.807, 2.05) is 12.1 Å². The van der Waals surface area contributed by atoms with Crippen LogP contribution >= 0.6 is 11.6 Å². The molecule has 176 valence electrons. The molecule has 0 spiro atoms. The number of para-hydroxylation sites is 1. The van der Waals surface area contributed by atoms with Crippen molar-refractivity contribution >= 4 is 34.8 Å². The summed E-state index contributed by atoms with van der Waals surface area (Å²) < 4.78 is 20.0. The summed E-state index contributed by atoms with van der Waals surface area (Å²) in [6.07, 6.45) is 2.17. The number of hydrogen-bond acceptors (Lipinski definition) is 7. The van der Waals surface area contributed by atoms with E-state index in [0.29, 0.717) is 0 Å². The molecule has 0 saturated carbocycles. The largest absolute Gasteiger partial charge is 0.455 e. The molecule has 0 saturated heterocycles. The highest BCUT2D eigenvalue weighted by Gasteiger charge is 2.32. The molecule has 34 heavy (non-hydrogen) atoms. The van der Waals surface area contributed by atoms with Gasteiger partial charge in [-0.15, -0.1) is 0 Å². The van der Waals surface area contributed by atoms with Crippen LogP contribution in [0.25, 0.3) is 0 Å². The molecule has 3 heterocycles. The van der Waals surface area contributed by atoms with Crippen molar-refractivity contribution in [1.82, 2.24) is 15.3 Å². The Bertz CT molecular complexity index is 1260. The average Bonchev–Trinajstić information content (AvgIpc) is 2.79. The Balaban J connectivity index is 1.43. The Kier molecular flexibility index (Phi) is 5.63. The third kappa shape index (κ3) is 3.85. The molecule has 3 aromatic rings. The first-order chi connectivity index (χ1) is 16.3. The molecule has 0 fully saturated rings. The van der Waals surface area contributed by atoms with Crippen LogP contribution in [0.1, 0.15) is 40.9 Å². The van der Waals surface area contributed by atoms with Crippen molar-refractivity contribution in [2.45, 2.75) is 32.4 Å². The van der Waals surface area contributed by atoms with Crippen LogP contribution in [-0.2, 0) is 18.6 Å². The minimum Gasteiger partial charge on any atom is -0.455 e. The van der Waals surface area contributed by atoms with Gasteiger partial charge in [-0.25, -0.2) is 9.37 Å². The van der Waals surface area contributed by atoms with E-state index in [2.05, 4.69) is 34.4 Å². The van der Waals surface area contributed by atoms with Crippen LogP contribution < -0.4 is 20.3 Å². The minimum absolute atomic E-state index is 0.0509. The van der Waals surface area contributed by atoms with E-state index in [9.17, 15) is 14.3 Å². The maximum Gasteiger partial charge on any atom is 0.268 e. The number of carbonyl (C=O) groups excluding carboxylic acids is 1. The van der Waals surface area contributed by atoms with E-state index in [-0.39, 0.29) is 47.0 Å². The fraction of sp³-hybridized carbons (Fsp3) is 0.292. The normalized spacial score (nSPS) is 16.5. The lowest BCUT2D eigenvalue weighted by atomic mass is 9.82. The van der Waals surface area contributed by atoms with E-state index in [1.54, 1.807) is 0 Å². The van der Waals surface area contributed by atoms with Crippen molar-refractivity contribution < 1.29 is 19.0 Å². The summed E-state index contributed by atoms with van der Waals surface area (Å²) in [4.78, 5) is 22.7. The summed E-state index contributed by atoms with van der Waals surface area (Å²) in [6, 6.07) is 8.08. The van der Waals surface area contributed by atoms with Gasteiger partial charge in [0.15, 0.2) is 6.73 Å². The third-order valence-electron chi connectivity index (χ3n) is 6.08. The molecular weight excluding hydrogens is 461 g/mol.